The fraction of sp³-hybridized carbons (Fsp3) is 0.591. The summed E-state index contributed by atoms with van der Waals surface area (Å²) in [4.78, 5) is 32.4. The highest BCUT2D eigenvalue weighted by molar-refractivity contribution is 6.00. The van der Waals surface area contributed by atoms with Crippen LogP contribution in [-0.2, 0) is 19.1 Å². The predicted molar refractivity (Wildman–Crippen MR) is 113 cm³/mol. The first-order valence-corrected chi connectivity index (χ1v) is 10.7. The lowest BCUT2D eigenvalue weighted by molar-refractivity contribution is -0.896. The Morgan fingerprint density at radius 1 is 1.09 bits per heavy atom. The summed E-state index contributed by atoms with van der Waals surface area (Å²) < 4.78 is 17.4. The molecule has 0 spiro atoms. The number of carboxylic acids is 3. The van der Waals surface area contributed by atoms with Gasteiger partial charge in [0.2, 0.25) is 0 Å². The first kappa shape index (κ1) is 28.1. The molecule has 0 saturated carbocycles. The molecule has 0 bridgehead atoms. The Morgan fingerprint density at radius 3 is 2.00 bits per heavy atom. The number of carbonyl (C=O) groups is 3. The predicted octanol–water partition coefficient (Wildman–Crippen LogP) is -1.22. The zero-order valence-electron chi connectivity index (χ0n) is 19.2. The van der Waals surface area contributed by atoms with Crippen molar-refractivity contribution in [3.63, 3.8) is 0 Å². The summed E-state index contributed by atoms with van der Waals surface area (Å²) in [5.74, 6) is -4.64. The molecule has 11 nitrogen and oxygen atoms in total. The Labute approximate surface area is 192 Å². The van der Waals surface area contributed by atoms with Gasteiger partial charge in [-0.05, 0) is 26.0 Å². The van der Waals surface area contributed by atoms with Gasteiger partial charge in [0.05, 0.1) is 45.3 Å². The van der Waals surface area contributed by atoms with Gasteiger partial charge in [-0.15, -0.1) is 0 Å². The summed E-state index contributed by atoms with van der Waals surface area (Å²) in [7, 11) is 0. The minimum Gasteiger partial charge on any atom is -0.549 e. The number of hydrogen-bond donors (Lipinski definition) is 4. The maximum Gasteiger partial charge on any atom is 0.318 e. The molecule has 2 rings (SSSR count). The van der Waals surface area contributed by atoms with Crippen LogP contribution >= 0.6 is 0 Å². The number of para-hydroxylation sites is 2. The number of ether oxygens (including phenoxy) is 3. The normalized spacial score (nSPS) is 15.3. The Balaban J connectivity index is 0.000000366. The Bertz CT molecular complexity index is 754. The maximum absolute atomic E-state index is 10.4. The second-order valence-corrected chi connectivity index (χ2v) is 7.76. The van der Waals surface area contributed by atoms with Crippen molar-refractivity contribution < 1.29 is 53.9 Å². The van der Waals surface area contributed by atoms with Crippen LogP contribution in [0, 0.1) is 5.41 Å². The number of fused-ring (bicyclic) bond motifs is 1. The third-order valence-electron chi connectivity index (χ3n) is 5.32. The van der Waals surface area contributed by atoms with E-state index in [1.807, 2.05) is 31.2 Å². The van der Waals surface area contributed by atoms with Gasteiger partial charge >= 0.3 is 11.9 Å². The van der Waals surface area contributed by atoms with Crippen molar-refractivity contribution in [3.05, 3.63) is 24.3 Å². The van der Waals surface area contributed by atoms with Gasteiger partial charge < -0.3 is 44.3 Å². The summed E-state index contributed by atoms with van der Waals surface area (Å²) in [5.41, 5.74) is -2.76. The smallest absolute Gasteiger partial charge is 0.318 e. The van der Waals surface area contributed by atoms with E-state index in [-0.39, 0.29) is 0 Å². The molecule has 0 aromatic heterocycles. The van der Waals surface area contributed by atoms with E-state index in [1.165, 1.54) is 0 Å². The van der Waals surface area contributed by atoms with Crippen LogP contribution in [0.4, 0.5) is 0 Å². The Morgan fingerprint density at radius 2 is 1.64 bits per heavy atom. The summed E-state index contributed by atoms with van der Waals surface area (Å²) in [5, 5.41) is 35.4. The van der Waals surface area contributed by atoms with Crippen LogP contribution in [0.3, 0.4) is 0 Å². The van der Waals surface area contributed by atoms with Gasteiger partial charge in [-0.25, -0.2) is 0 Å². The number of aliphatic hydroxyl groups is 1. The van der Waals surface area contributed by atoms with E-state index >= 15 is 0 Å². The molecule has 1 unspecified atom stereocenters. The highest BCUT2D eigenvalue weighted by Gasteiger charge is 2.42. The van der Waals surface area contributed by atoms with Crippen LogP contribution in [0.2, 0.25) is 0 Å². The topological polar surface area (TPSA) is 167 Å². The number of likely N-dealkylation sites (N-methyl/N-ethyl adjacent to an activating group) is 1. The zero-order chi connectivity index (χ0) is 25.1. The quantitative estimate of drug-likeness (QED) is 0.202. The number of aliphatic hydroxyl groups excluding tert-OH is 1. The van der Waals surface area contributed by atoms with Crippen molar-refractivity contribution in [3.8, 4) is 11.5 Å². The number of carbonyl (C=O) groups excluding carboxylic acids is 1. The first-order chi connectivity index (χ1) is 15.5. The van der Waals surface area contributed by atoms with Gasteiger partial charge in [-0.3, -0.25) is 9.59 Å². The molecule has 1 aromatic carbocycles. The van der Waals surface area contributed by atoms with Crippen LogP contribution in [0.25, 0.3) is 0 Å². The molecule has 1 aromatic rings. The van der Waals surface area contributed by atoms with Crippen LogP contribution in [0.1, 0.15) is 33.6 Å². The van der Waals surface area contributed by atoms with E-state index < -0.39 is 42.1 Å². The largest absolute Gasteiger partial charge is 0.549 e. The van der Waals surface area contributed by atoms with Crippen molar-refractivity contribution in [1.82, 2.24) is 0 Å². The second-order valence-electron chi connectivity index (χ2n) is 7.76. The van der Waals surface area contributed by atoms with Crippen molar-refractivity contribution in [2.45, 2.75) is 39.4 Å². The summed E-state index contributed by atoms with van der Waals surface area (Å²) in [6, 6.07) is 7.78. The summed E-state index contributed by atoms with van der Waals surface area (Å²) >= 11 is 0. The van der Waals surface area contributed by atoms with E-state index in [2.05, 4.69) is 13.8 Å². The zero-order valence-corrected chi connectivity index (χ0v) is 19.2. The molecule has 11 heteroatoms. The number of rotatable bonds is 13. The molecule has 1 aliphatic rings. The molecule has 1 aliphatic heterocycles. The molecule has 4 N–H and O–H groups in total. The second kappa shape index (κ2) is 13.0. The summed E-state index contributed by atoms with van der Waals surface area (Å²) in [6.45, 7) is 9.87. The monoisotopic (exact) mass is 471 g/mol. The number of nitrogens with one attached hydrogen (secondary N) is 1. The van der Waals surface area contributed by atoms with Crippen LogP contribution in [-0.4, -0.2) is 78.5 Å². The maximum atomic E-state index is 10.4. The molecule has 1 heterocycles. The highest BCUT2D eigenvalue weighted by atomic mass is 16.7. The Hall–Kier alpha value is -2.89. The van der Waals surface area contributed by atoms with Gasteiger partial charge in [-0.1, -0.05) is 12.1 Å². The highest BCUT2D eigenvalue weighted by Crippen LogP contribution is 2.40. The number of quaternary nitrogens is 1. The number of aliphatic carboxylic acids is 3. The third-order valence-corrected chi connectivity index (χ3v) is 5.32. The minimum atomic E-state index is -2.76. The van der Waals surface area contributed by atoms with Crippen LogP contribution < -0.4 is 19.5 Å². The molecule has 33 heavy (non-hydrogen) atoms. The lowest BCUT2D eigenvalue weighted by Crippen LogP contribution is -3.11. The van der Waals surface area contributed by atoms with Crippen molar-refractivity contribution >= 4 is 17.9 Å². The standard InChI is InChI=1S/C16H25NO3.C6H8O7/c1-4-17(5-2)11-13-18-12-10-16(3)19-14-8-6-7-9-15(14)20-16;7-2-6(4(10)11,5(12)13)1-3(8)9/h6-9H,4-5,10-13H2,1-3H3;7H,1-2H2,(H,8,9)(H,10,11)(H,12,13). The van der Waals surface area contributed by atoms with Gasteiger partial charge in [0.15, 0.2) is 11.5 Å². The molecule has 0 amide bonds. The lowest BCUT2D eigenvalue weighted by atomic mass is 9.85. The van der Waals surface area contributed by atoms with Crippen molar-refractivity contribution in [1.29, 1.82) is 0 Å². The van der Waals surface area contributed by atoms with Gasteiger partial charge in [0.1, 0.15) is 12.0 Å². The Kier molecular flexibility index (Phi) is 11.1. The number of hydrogen-bond acceptors (Lipinski definition) is 8. The molecule has 0 aliphatic carbocycles. The molecule has 186 valence electrons. The molecule has 0 saturated heterocycles. The van der Waals surface area contributed by atoms with E-state index in [9.17, 15) is 19.5 Å². The molecule has 0 fully saturated rings. The van der Waals surface area contributed by atoms with Crippen LogP contribution in [0.15, 0.2) is 24.3 Å². The van der Waals surface area contributed by atoms with Crippen LogP contribution in [0.5, 0.6) is 11.5 Å². The van der Waals surface area contributed by atoms with E-state index in [0.29, 0.717) is 6.61 Å². The fourth-order valence-corrected chi connectivity index (χ4v) is 3.07. The van der Waals surface area contributed by atoms with Gasteiger partial charge in [-0.2, -0.15) is 0 Å². The van der Waals surface area contributed by atoms with E-state index in [0.717, 1.165) is 44.2 Å². The van der Waals surface area contributed by atoms with Gasteiger partial charge in [0, 0.05) is 13.3 Å². The lowest BCUT2D eigenvalue weighted by Gasteiger charge is -2.25. The van der Waals surface area contributed by atoms with E-state index in [1.54, 1.807) is 4.90 Å². The van der Waals surface area contributed by atoms with Crippen molar-refractivity contribution in [2.75, 3.05) is 39.5 Å². The molecular formula is C22H33NO10. The van der Waals surface area contributed by atoms with Crippen molar-refractivity contribution in [2.24, 2.45) is 5.41 Å². The average molecular weight is 472 g/mol. The molecular weight excluding hydrogens is 438 g/mol. The number of carboxylic acid groups (broad SMARTS) is 3. The first-order valence-electron chi connectivity index (χ1n) is 10.7. The molecule has 1 atom stereocenters. The van der Waals surface area contributed by atoms with E-state index in [4.69, 9.17) is 29.5 Å². The van der Waals surface area contributed by atoms with Gasteiger partial charge in [0.25, 0.3) is 5.79 Å². The fourth-order valence-electron chi connectivity index (χ4n) is 3.07. The SMILES string of the molecule is CC[NH+](CC)CCOCCC1(C)Oc2ccccc2O1.O=C(O)CC(CO)(C(=O)[O-])C(=O)O. The minimum absolute atomic E-state index is 0.592. The molecule has 0 radical (unpaired) electrons. The number of benzene rings is 1. The third kappa shape index (κ3) is 8.19. The average Bonchev–Trinajstić information content (AvgIpc) is 3.10. The summed E-state index contributed by atoms with van der Waals surface area (Å²) in [6.07, 6.45) is -0.490.